The predicted molar refractivity (Wildman–Crippen MR) is 46.3 cm³/mol. The summed E-state index contributed by atoms with van der Waals surface area (Å²) in [5, 5.41) is 14.0. The fourth-order valence-corrected chi connectivity index (χ4v) is 1.52. The maximum absolute atomic E-state index is 10.1. The Morgan fingerprint density at radius 1 is 1.58 bits per heavy atom. The van der Waals surface area contributed by atoms with Crippen molar-refractivity contribution in [3.05, 3.63) is 0 Å². The molecule has 1 unspecified atom stereocenters. The van der Waals surface area contributed by atoms with Gasteiger partial charge in [0.05, 0.1) is 0 Å². The van der Waals surface area contributed by atoms with Crippen LogP contribution < -0.4 is 10.6 Å². The van der Waals surface area contributed by atoms with Gasteiger partial charge in [0, 0.05) is 12.6 Å². The molecular formula is C8H16N2O2. The second-order valence-electron chi connectivity index (χ2n) is 3.17. The molecule has 1 amide bonds. The molecule has 1 heterocycles. The molecule has 0 aromatic carbocycles. The smallest absolute Gasteiger partial charge is 0.404 e. The average molecular weight is 172 g/mol. The van der Waals surface area contributed by atoms with E-state index < -0.39 is 6.09 Å². The lowest BCUT2D eigenvalue weighted by atomic mass is 10.0. The topological polar surface area (TPSA) is 61.4 Å². The first-order valence-electron chi connectivity index (χ1n) is 4.49. The fourth-order valence-electron chi connectivity index (χ4n) is 1.52. The van der Waals surface area contributed by atoms with Gasteiger partial charge in [-0.1, -0.05) is 6.42 Å². The summed E-state index contributed by atoms with van der Waals surface area (Å²) in [6, 6.07) is 0.519. The highest BCUT2D eigenvalue weighted by Gasteiger charge is 2.11. The van der Waals surface area contributed by atoms with Gasteiger partial charge in [0.15, 0.2) is 0 Å². The lowest BCUT2D eigenvalue weighted by molar-refractivity contribution is 0.193. The first kappa shape index (κ1) is 9.32. The van der Waals surface area contributed by atoms with E-state index in [2.05, 4.69) is 10.6 Å². The Kier molecular flexibility index (Phi) is 3.87. The van der Waals surface area contributed by atoms with Gasteiger partial charge in [0.2, 0.25) is 0 Å². The van der Waals surface area contributed by atoms with Crippen LogP contribution in [-0.4, -0.2) is 30.3 Å². The summed E-state index contributed by atoms with van der Waals surface area (Å²) in [5.74, 6) is 0. The maximum atomic E-state index is 10.1. The first-order chi connectivity index (χ1) is 5.79. The number of nitrogens with one attached hydrogen (secondary N) is 2. The first-order valence-corrected chi connectivity index (χ1v) is 4.49. The largest absolute Gasteiger partial charge is 0.465 e. The average Bonchev–Trinajstić information content (AvgIpc) is 2.05. The quantitative estimate of drug-likeness (QED) is 0.589. The van der Waals surface area contributed by atoms with Crippen LogP contribution in [0.5, 0.6) is 0 Å². The molecule has 0 bridgehead atoms. The molecule has 1 rings (SSSR count). The summed E-state index contributed by atoms with van der Waals surface area (Å²) in [6.45, 7) is 1.64. The second-order valence-corrected chi connectivity index (χ2v) is 3.17. The highest BCUT2D eigenvalue weighted by atomic mass is 16.4. The van der Waals surface area contributed by atoms with Crippen molar-refractivity contribution < 1.29 is 9.90 Å². The molecule has 0 spiro atoms. The van der Waals surface area contributed by atoms with E-state index in [0.717, 1.165) is 13.0 Å². The zero-order chi connectivity index (χ0) is 8.81. The normalized spacial score (nSPS) is 23.5. The van der Waals surface area contributed by atoms with Gasteiger partial charge in [-0.3, -0.25) is 0 Å². The monoisotopic (exact) mass is 172 g/mol. The van der Waals surface area contributed by atoms with Crippen LogP contribution in [0.2, 0.25) is 0 Å². The van der Waals surface area contributed by atoms with E-state index in [4.69, 9.17) is 5.11 Å². The van der Waals surface area contributed by atoms with Crippen molar-refractivity contribution in [2.45, 2.75) is 31.7 Å². The molecule has 1 aliphatic heterocycles. The number of hydrogen-bond donors (Lipinski definition) is 3. The van der Waals surface area contributed by atoms with Gasteiger partial charge in [0.25, 0.3) is 0 Å². The third-order valence-electron chi connectivity index (χ3n) is 2.18. The Balaban J connectivity index is 2.01. The van der Waals surface area contributed by atoms with Gasteiger partial charge in [-0.25, -0.2) is 4.79 Å². The van der Waals surface area contributed by atoms with Crippen molar-refractivity contribution in [3.8, 4) is 0 Å². The van der Waals surface area contributed by atoms with E-state index in [1.165, 1.54) is 19.3 Å². The van der Waals surface area contributed by atoms with Gasteiger partial charge >= 0.3 is 6.09 Å². The fraction of sp³-hybridized carbons (Fsp3) is 0.875. The van der Waals surface area contributed by atoms with E-state index in [1.54, 1.807) is 0 Å². The Bertz CT molecular complexity index is 144. The standard InChI is InChI=1S/C8H16N2O2/c11-8(12)10-6-4-7-3-1-2-5-9-7/h7,9-10H,1-6H2,(H,11,12). The van der Waals surface area contributed by atoms with Crippen LogP contribution in [-0.2, 0) is 0 Å². The zero-order valence-electron chi connectivity index (χ0n) is 7.18. The number of carbonyl (C=O) groups is 1. The summed E-state index contributed by atoms with van der Waals surface area (Å²) in [5.41, 5.74) is 0. The summed E-state index contributed by atoms with van der Waals surface area (Å²) >= 11 is 0. The van der Waals surface area contributed by atoms with Crippen molar-refractivity contribution >= 4 is 6.09 Å². The summed E-state index contributed by atoms with van der Waals surface area (Å²) in [4.78, 5) is 10.1. The molecular weight excluding hydrogens is 156 g/mol. The molecule has 0 saturated carbocycles. The number of hydrogen-bond acceptors (Lipinski definition) is 2. The lowest BCUT2D eigenvalue weighted by Gasteiger charge is -2.22. The van der Waals surface area contributed by atoms with E-state index in [1.807, 2.05) is 0 Å². The highest BCUT2D eigenvalue weighted by Crippen LogP contribution is 2.08. The Morgan fingerprint density at radius 3 is 3.00 bits per heavy atom. The summed E-state index contributed by atoms with van der Waals surface area (Å²) in [7, 11) is 0. The van der Waals surface area contributed by atoms with Crippen LogP contribution in [0.4, 0.5) is 4.79 Å². The minimum absolute atomic E-state index is 0.519. The van der Waals surface area contributed by atoms with E-state index >= 15 is 0 Å². The lowest BCUT2D eigenvalue weighted by Crippen LogP contribution is -2.37. The van der Waals surface area contributed by atoms with Crippen LogP contribution >= 0.6 is 0 Å². The molecule has 12 heavy (non-hydrogen) atoms. The van der Waals surface area contributed by atoms with Gasteiger partial charge in [0.1, 0.15) is 0 Å². The molecule has 1 saturated heterocycles. The zero-order valence-corrected chi connectivity index (χ0v) is 7.18. The predicted octanol–water partition coefficient (Wildman–Crippen LogP) is 0.786. The maximum Gasteiger partial charge on any atom is 0.404 e. The van der Waals surface area contributed by atoms with Crippen LogP contribution in [0.25, 0.3) is 0 Å². The van der Waals surface area contributed by atoms with E-state index in [-0.39, 0.29) is 0 Å². The molecule has 4 heteroatoms. The van der Waals surface area contributed by atoms with Crippen molar-refractivity contribution in [2.24, 2.45) is 0 Å². The number of amides is 1. The van der Waals surface area contributed by atoms with E-state index in [0.29, 0.717) is 12.6 Å². The Morgan fingerprint density at radius 2 is 2.42 bits per heavy atom. The molecule has 1 aliphatic rings. The third kappa shape index (κ3) is 3.57. The molecule has 1 fully saturated rings. The van der Waals surface area contributed by atoms with Gasteiger partial charge in [-0.15, -0.1) is 0 Å². The Hall–Kier alpha value is -0.770. The minimum Gasteiger partial charge on any atom is -0.465 e. The van der Waals surface area contributed by atoms with Gasteiger partial charge in [-0.05, 0) is 25.8 Å². The molecule has 0 aromatic rings. The summed E-state index contributed by atoms with van der Waals surface area (Å²) < 4.78 is 0. The van der Waals surface area contributed by atoms with E-state index in [9.17, 15) is 4.79 Å². The molecule has 4 nitrogen and oxygen atoms in total. The number of carboxylic acid groups (broad SMARTS) is 1. The SMILES string of the molecule is O=C(O)NCCC1CCCCN1. The van der Waals surface area contributed by atoms with Crippen molar-refractivity contribution in [1.82, 2.24) is 10.6 Å². The Labute approximate surface area is 72.3 Å². The number of piperidine rings is 1. The number of rotatable bonds is 3. The molecule has 0 aromatic heterocycles. The van der Waals surface area contributed by atoms with Gasteiger partial charge in [-0.2, -0.15) is 0 Å². The minimum atomic E-state index is -0.925. The second kappa shape index (κ2) is 4.98. The van der Waals surface area contributed by atoms with Crippen LogP contribution in [0, 0.1) is 0 Å². The molecule has 0 aliphatic carbocycles. The van der Waals surface area contributed by atoms with Crippen LogP contribution in [0.1, 0.15) is 25.7 Å². The molecule has 0 radical (unpaired) electrons. The van der Waals surface area contributed by atoms with Gasteiger partial charge < -0.3 is 15.7 Å². The van der Waals surface area contributed by atoms with Crippen molar-refractivity contribution in [2.75, 3.05) is 13.1 Å². The van der Waals surface area contributed by atoms with Crippen LogP contribution in [0.3, 0.4) is 0 Å². The molecule has 70 valence electrons. The molecule has 1 atom stereocenters. The van der Waals surface area contributed by atoms with Crippen molar-refractivity contribution in [3.63, 3.8) is 0 Å². The van der Waals surface area contributed by atoms with Crippen LogP contribution in [0.15, 0.2) is 0 Å². The third-order valence-corrected chi connectivity index (χ3v) is 2.18. The summed E-state index contributed by atoms with van der Waals surface area (Å²) in [6.07, 6.45) is 3.69. The van der Waals surface area contributed by atoms with Crippen molar-refractivity contribution in [1.29, 1.82) is 0 Å². The molecule has 3 N–H and O–H groups in total. The highest BCUT2D eigenvalue weighted by molar-refractivity contribution is 5.64.